The highest BCUT2D eigenvalue weighted by molar-refractivity contribution is 7.17. The molecule has 1 amide bonds. The molecule has 0 atom stereocenters. The van der Waals surface area contributed by atoms with Crippen molar-refractivity contribution in [2.75, 3.05) is 18.5 Å². The molecule has 150 valence electrons. The number of rotatable bonds is 7. The molecule has 0 aliphatic heterocycles. The number of ether oxygens (including phenoxy) is 2. The Morgan fingerprint density at radius 2 is 1.79 bits per heavy atom. The number of benzene rings is 1. The fraction of sp³-hybridized carbons (Fsp3) is 0.455. The van der Waals surface area contributed by atoms with Gasteiger partial charge in [-0.2, -0.15) is 0 Å². The number of nitrogens with one attached hydrogen (secondary N) is 1. The van der Waals surface area contributed by atoms with Crippen LogP contribution in [0, 0.1) is 0 Å². The van der Waals surface area contributed by atoms with Crippen molar-refractivity contribution in [1.82, 2.24) is 0 Å². The van der Waals surface area contributed by atoms with E-state index in [0.29, 0.717) is 23.8 Å². The van der Waals surface area contributed by atoms with E-state index < -0.39 is 0 Å². The summed E-state index contributed by atoms with van der Waals surface area (Å²) < 4.78 is 10.7. The topological polar surface area (TPSA) is 64.6 Å². The number of hydrogen-bond donors (Lipinski definition) is 1. The van der Waals surface area contributed by atoms with Gasteiger partial charge in [-0.15, -0.1) is 11.3 Å². The molecule has 5 nitrogen and oxygen atoms in total. The van der Waals surface area contributed by atoms with Gasteiger partial charge in [0.2, 0.25) is 5.91 Å². The Bertz CT molecular complexity index is 826. The number of carbonyl (C=O) groups excluding carboxylic acids is 2. The third-order valence-electron chi connectivity index (χ3n) is 4.75. The van der Waals surface area contributed by atoms with Crippen molar-refractivity contribution in [1.29, 1.82) is 0 Å². The van der Waals surface area contributed by atoms with Crippen molar-refractivity contribution in [2.45, 2.75) is 52.4 Å². The van der Waals surface area contributed by atoms with Crippen LogP contribution < -0.4 is 10.1 Å². The molecule has 0 spiro atoms. The molecule has 0 bridgehead atoms. The Labute approximate surface area is 170 Å². The molecule has 2 aromatic rings. The largest absolute Gasteiger partial charge is 0.494 e. The summed E-state index contributed by atoms with van der Waals surface area (Å²) in [4.78, 5) is 26.4. The minimum atomic E-state index is -0.335. The summed E-state index contributed by atoms with van der Waals surface area (Å²) in [7, 11) is 0. The third kappa shape index (κ3) is 4.93. The number of amides is 1. The number of thiophene rings is 1. The second-order valence-corrected chi connectivity index (χ2v) is 7.90. The second kappa shape index (κ2) is 9.73. The summed E-state index contributed by atoms with van der Waals surface area (Å²) in [5.41, 5.74) is 2.53. The molecular formula is C22H27NO4S. The maximum atomic E-state index is 12.6. The van der Waals surface area contributed by atoms with Gasteiger partial charge < -0.3 is 14.8 Å². The van der Waals surface area contributed by atoms with Gasteiger partial charge in [0.1, 0.15) is 10.8 Å². The number of anilines is 1. The fourth-order valence-corrected chi connectivity index (χ4v) is 4.77. The highest BCUT2D eigenvalue weighted by Crippen LogP contribution is 2.38. The van der Waals surface area contributed by atoms with Crippen LogP contribution in [0.25, 0.3) is 0 Å². The summed E-state index contributed by atoms with van der Waals surface area (Å²) >= 11 is 1.52. The maximum Gasteiger partial charge on any atom is 0.341 e. The van der Waals surface area contributed by atoms with Crippen molar-refractivity contribution < 1.29 is 19.1 Å². The van der Waals surface area contributed by atoms with Crippen LogP contribution in [0.15, 0.2) is 24.3 Å². The lowest BCUT2D eigenvalue weighted by atomic mass is 10.1. The first-order chi connectivity index (χ1) is 13.6. The molecule has 0 unspecified atom stereocenters. The molecule has 1 N–H and O–H groups in total. The quantitative estimate of drug-likeness (QED) is 0.536. The van der Waals surface area contributed by atoms with E-state index in [1.807, 2.05) is 31.2 Å². The van der Waals surface area contributed by atoms with Crippen LogP contribution in [-0.2, 0) is 28.8 Å². The van der Waals surface area contributed by atoms with Crippen LogP contribution in [0.2, 0.25) is 0 Å². The molecule has 3 rings (SSSR count). The van der Waals surface area contributed by atoms with Crippen LogP contribution in [0.3, 0.4) is 0 Å². The number of fused-ring (bicyclic) bond motifs is 1. The summed E-state index contributed by atoms with van der Waals surface area (Å²) in [5.74, 6) is 0.322. The Kier molecular flexibility index (Phi) is 7.09. The molecule has 1 aliphatic carbocycles. The summed E-state index contributed by atoms with van der Waals surface area (Å²) in [6, 6.07) is 7.51. The van der Waals surface area contributed by atoms with E-state index in [-0.39, 0.29) is 18.3 Å². The van der Waals surface area contributed by atoms with E-state index in [1.165, 1.54) is 22.6 Å². The minimum absolute atomic E-state index is 0.133. The Hall–Kier alpha value is -2.34. The zero-order valence-corrected chi connectivity index (χ0v) is 17.3. The SMILES string of the molecule is CCOC(=O)c1c(NC(=O)Cc2ccc(OCC)cc2)sc2c1CCCCC2. The van der Waals surface area contributed by atoms with Crippen molar-refractivity contribution in [3.05, 3.63) is 45.8 Å². The van der Waals surface area contributed by atoms with Crippen molar-refractivity contribution in [3.8, 4) is 5.75 Å². The average Bonchev–Trinajstić information content (AvgIpc) is 2.84. The van der Waals surface area contributed by atoms with E-state index in [9.17, 15) is 9.59 Å². The Morgan fingerprint density at radius 3 is 2.50 bits per heavy atom. The van der Waals surface area contributed by atoms with Crippen LogP contribution in [0.5, 0.6) is 5.75 Å². The zero-order chi connectivity index (χ0) is 19.9. The molecule has 0 fully saturated rings. The summed E-state index contributed by atoms with van der Waals surface area (Å²) in [6.07, 6.45) is 5.43. The van der Waals surface area contributed by atoms with Crippen LogP contribution >= 0.6 is 11.3 Å². The van der Waals surface area contributed by atoms with Gasteiger partial charge in [-0.25, -0.2) is 4.79 Å². The van der Waals surface area contributed by atoms with E-state index >= 15 is 0 Å². The molecule has 1 aliphatic rings. The molecule has 0 saturated carbocycles. The third-order valence-corrected chi connectivity index (χ3v) is 5.96. The second-order valence-electron chi connectivity index (χ2n) is 6.79. The number of hydrogen-bond acceptors (Lipinski definition) is 5. The standard InChI is InChI=1S/C22H27NO4S/c1-3-26-16-12-10-15(11-13-16)14-19(24)23-21-20(22(25)27-4-2)17-8-6-5-7-9-18(17)28-21/h10-13H,3-9,14H2,1-2H3,(H,23,24). The molecule has 1 aromatic carbocycles. The lowest BCUT2D eigenvalue weighted by Gasteiger charge is -2.09. The molecule has 1 heterocycles. The molecule has 1 aromatic heterocycles. The molecule has 0 saturated heterocycles. The van der Waals surface area contributed by atoms with Crippen LogP contribution in [0.1, 0.15) is 59.5 Å². The lowest BCUT2D eigenvalue weighted by molar-refractivity contribution is -0.115. The number of aryl methyl sites for hydroxylation is 1. The van der Waals surface area contributed by atoms with E-state index in [0.717, 1.165) is 42.6 Å². The van der Waals surface area contributed by atoms with E-state index in [4.69, 9.17) is 9.47 Å². The van der Waals surface area contributed by atoms with Crippen molar-refractivity contribution in [3.63, 3.8) is 0 Å². The number of carbonyl (C=O) groups is 2. The van der Waals surface area contributed by atoms with Gasteiger partial charge in [0.05, 0.1) is 25.2 Å². The molecule has 6 heteroatoms. The Morgan fingerprint density at radius 1 is 1.04 bits per heavy atom. The lowest BCUT2D eigenvalue weighted by Crippen LogP contribution is -2.17. The van der Waals surface area contributed by atoms with Gasteiger partial charge in [0.15, 0.2) is 0 Å². The predicted octanol–water partition coefficient (Wildman–Crippen LogP) is 4.77. The molecule has 28 heavy (non-hydrogen) atoms. The van der Waals surface area contributed by atoms with Gasteiger partial charge in [0, 0.05) is 4.88 Å². The first-order valence-corrected chi connectivity index (χ1v) is 10.8. The van der Waals surface area contributed by atoms with Crippen molar-refractivity contribution in [2.24, 2.45) is 0 Å². The number of esters is 1. The zero-order valence-electron chi connectivity index (χ0n) is 16.5. The van der Waals surface area contributed by atoms with Gasteiger partial charge in [-0.1, -0.05) is 18.6 Å². The van der Waals surface area contributed by atoms with Crippen LogP contribution in [0.4, 0.5) is 5.00 Å². The van der Waals surface area contributed by atoms with Gasteiger partial charge >= 0.3 is 5.97 Å². The highest BCUT2D eigenvalue weighted by atomic mass is 32.1. The first-order valence-electron chi connectivity index (χ1n) is 9.95. The normalized spacial score (nSPS) is 13.4. The van der Waals surface area contributed by atoms with Gasteiger partial charge in [0.25, 0.3) is 0 Å². The van der Waals surface area contributed by atoms with E-state index in [2.05, 4.69) is 5.32 Å². The van der Waals surface area contributed by atoms with E-state index in [1.54, 1.807) is 6.92 Å². The maximum absolute atomic E-state index is 12.6. The van der Waals surface area contributed by atoms with Gasteiger partial charge in [-0.3, -0.25) is 4.79 Å². The smallest absolute Gasteiger partial charge is 0.341 e. The first kappa shape index (κ1) is 20.4. The summed E-state index contributed by atoms with van der Waals surface area (Å²) in [5, 5.41) is 3.59. The monoisotopic (exact) mass is 401 g/mol. The summed E-state index contributed by atoms with van der Waals surface area (Å²) in [6.45, 7) is 4.67. The van der Waals surface area contributed by atoms with Gasteiger partial charge in [-0.05, 0) is 62.8 Å². The predicted molar refractivity (Wildman–Crippen MR) is 111 cm³/mol. The van der Waals surface area contributed by atoms with Crippen LogP contribution in [-0.4, -0.2) is 25.1 Å². The minimum Gasteiger partial charge on any atom is -0.494 e. The highest BCUT2D eigenvalue weighted by Gasteiger charge is 2.26. The average molecular weight is 402 g/mol. The fourth-order valence-electron chi connectivity index (χ4n) is 3.48. The van der Waals surface area contributed by atoms with Crippen molar-refractivity contribution >= 4 is 28.2 Å². The molecular weight excluding hydrogens is 374 g/mol. The molecule has 0 radical (unpaired) electrons. The Balaban J connectivity index is 1.76.